The highest BCUT2D eigenvalue weighted by atomic mass is 35.5. The monoisotopic (exact) mass is 325 g/mol. The average molecular weight is 326 g/mol. The molecule has 0 heterocycles. The quantitative estimate of drug-likeness (QED) is 0.578. The summed E-state index contributed by atoms with van der Waals surface area (Å²) in [4.78, 5) is 12.0. The first-order valence-corrected chi connectivity index (χ1v) is 7.98. The highest BCUT2D eigenvalue weighted by Gasteiger charge is 2.21. The molecule has 0 radical (unpaired) electrons. The van der Waals surface area contributed by atoms with Crippen molar-refractivity contribution in [3.05, 3.63) is 34.9 Å². The van der Waals surface area contributed by atoms with Gasteiger partial charge in [-0.05, 0) is 43.1 Å². The van der Waals surface area contributed by atoms with E-state index in [-0.39, 0.29) is 5.91 Å². The van der Waals surface area contributed by atoms with Crippen molar-refractivity contribution in [1.29, 1.82) is 0 Å². The van der Waals surface area contributed by atoms with Gasteiger partial charge >= 0.3 is 0 Å². The summed E-state index contributed by atoms with van der Waals surface area (Å²) in [5.41, 5.74) is 5.72. The van der Waals surface area contributed by atoms with Crippen LogP contribution in [0.3, 0.4) is 0 Å². The van der Waals surface area contributed by atoms with Gasteiger partial charge in [0.15, 0.2) is 5.11 Å². The predicted molar refractivity (Wildman–Crippen MR) is 89.2 cm³/mol. The van der Waals surface area contributed by atoms with Crippen LogP contribution in [0.2, 0.25) is 5.02 Å². The molecule has 2 atom stereocenters. The van der Waals surface area contributed by atoms with Crippen LogP contribution in [-0.4, -0.2) is 17.1 Å². The number of carbonyl (C=O) groups is 1. The molecular weight excluding hydrogens is 306 g/mol. The Morgan fingerprint density at radius 2 is 1.95 bits per heavy atom. The van der Waals surface area contributed by atoms with Crippen LogP contribution in [0.15, 0.2) is 24.3 Å². The maximum atomic E-state index is 12.0. The lowest BCUT2D eigenvalue weighted by atomic mass is 9.86. The molecule has 2 rings (SSSR count). The van der Waals surface area contributed by atoms with Gasteiger partial charge in [0.2, 0.25) is 0 Å². The lowest BCUT2D eigenvalue weighted by molar-refractivity contribution is 0.0943. The molecule has 1 saturated carbocycles. The molecule has 1 amide bonds. The fourth-order valence-electron chi connectivity index (χ4n) is 2.56. The van der Waals surface area contributed by atoms with E-state index in [1.165, 1.54) is 19.3 Å². The minimum Gasteiger partial charge on any atom is -0.358 e. The van der Waals surface area contributed by atoms with Crippen LogP contribution in [0.1, 0.15) is 43.0 Å². The largest absolute Gasteiger partial charge is 0.358 e. The van der Waals surface area contributed by atoms with Gasteiger partial charge in [0.25, 0.3) is 5.91 Å². The number of carbonyl (C=O) groups excluding carboxylic acids is 1. The number of hydrogen-bond acceptors (Lipinski definition) is 2. The summed E-state index contributed by atoms with van der Waals surface area (Å²) in [6, 6.07) is 7.26. The zero-order valence-electron chi connectivity index (χ0n) is 12.0. The minimum atomic E-state index is -0.304. The molecule has 21 heavy (non-hydrogen) atoms. The van der Waals surface area contributed by atoms with Crippen molar-refractivity contribution in [3.8, 4) is 0 Å². The van der Waals surface area contributed by atoms with E-state index in [1.54, 1.807) is 24.3 Å². The van der Waals surface area contributed by atoms with E-state index in [0.29, 0.717) is 27.7 Å². The summed E-state index contributed by atoms with van der Waals surface area (Å²) in [6.45, 7) is 2.22. The molecule has 0 aliphatic heterocycles. The van der Waals surface area contributed by atoms with E-state index in [1.807, 2.05) is 0 Å². The predicted octanol–water partition coefficient (Wildman–Crippen LogP) is 3.03. The van der Waals surface area contributed by atoms with Crippen molar-refractivity contribution >= 4 is 34.8 Å². The highest BCUT2D eigenvalue weighted by molar-refractivity contribution is 7.80. The second-order valence-electron chi connectivity index (χ2n) is 5.40. The number of nitrogens with one attached hydrogen (secondary N) is 3. The Labute approximate surface area is 135 Å². The number of thiocarbonyl (C=S) groups is 1. The number of rotatable bonds is 2. The molecule has 1 aliphatic carbocycles. The summed E-state index contributed by atoms with van der Waals surface area (Å²) >= 11 is 11.2. The molecule has 0 unspecified atom stereocenters. The molecule has 1 aromatic carbocycles. The topological polar surface area (TPSA) is 53.2 Å². The van der Waals surface area contributed by atoms with Crippen molar-refractivity contribution in [1.82, 2.24) is 16.2 Å². The fraction of sp³-hybridized carbons (Fsp3) is 0.467. The first-order chi connectivity index (χ1) is 10.1. The lowest BCUT2D eigenvalue weighted by Crippen LogP contribution is -2.51. The van der Waals surface area contributed by atoms with Gasteiger partial charge in [-0.2, -0.15) is 0 Å². The Morgan fingerprint density at radius 3 is 2.67 bits per heavy atom. The summed E-state index contributed by atoms with van der Waals surface area (Å²) in [5, 5.41) is 4.12. The van der Waals surface area contributed by atoms with Gasteiger partial charge in [0, 0.05) is 6.04 Å². The first-order valence-electron chi connectivity index (χ1n) is 7.19. The molecule has 1 aromatic rings. The van der Waals surface area contributed by atoms with Gasteiger partial charge < -0.3 is 5.32 Å². The maximum absolute atomic E-state index is 12.0. The molecule has 0 aromatic heterocycles. The molecule has 0 spiro atoms. The Bertz CT molecular complexity index is 523. The van der Waals surface area contributed by atoms with Crippen LogP contribution in [0, 0.1) is 5.92 Å². The van der Waals surface area contributed by atoms with Crippen LogP contribution in [0.4, 0.5) is 0 Å². The van der Waals surface area contributed by atoms with Gasteiger partial charge in [0.05, 0.1) is 10.6 Å². The molecule has 0 saturated heterocycles. The summed E-state index contributed by atoms with van der Waals surface area (Å²) < 4.78 is 0. The Morgan fingerprint density at radius 1 is 1.24 bits per heavy atom. The number of amides is 1. The first kappa shape index (κ1) is 16.0. The maximum Gasteiger partial charge on any atom is 0.271 e. The third-order valence-electron chi connectivity index (χ3n) is 3.84. The van der Waals surface area contributed by atoms with E-state index in [9.17, 15) is 4.79 Å². The van der Waals surface area contributed by atoms with E-state index < -0.39 is 0 Å². The Kier molecular flexibility index (Phi) is 5.82. The van der Waals surface area contributed by atoms with Crippen LogP contribution in [-0.2, 0) is 0 Å². The zero-order chi connectivity index (χ0) is 15.2. The smallest absolute Gasteiger partial charge is 0.271 e. The lowest BCUT2D eigenvalue weighted by Gasteiger charge is -2.30. The standard InChI is InChI=1S/C15H20ClN3OS/c1-10-6-2-5-9-13(10)17-15(21)19-18-14(20)11-7-3-4-8-12(11)16/h3-4,7-8,10,13H,2,5-6,9H2,1H3,(H,18,20)(H2,17,19,21)/t10-,13+/m0/s1. The molecular formula is C15H20ClN3OS. The van der Waals surface area contributed by atoms with Crippen LogP contribution < -0.4 is 16.2 Å². The summed E-state index contributed by atoms with van der Waals surface area (Å²) in [6.07, 6.45) is 4.83. The second-order valence-corrected chi connectivity index (χ2v) is 6.22. The minimum absolute atomic E-state index is 0.304. The molecule has 114 valence electrons. The fourth-order valence-corrected chi connectivity index (χ4v) is 2.99. The van der Waals surface area contributed by atoms with Crippen molar-refractivity contribution in [2.24, 2.45) is 5.92 Å². The van der Waals surface area contributed by atoms with E-state index >= 15 is 0 Å². The van der Waals surface area contributed by atoms with E-state index in [2.05, 4.69) is 23.1 Å². The third kappa shape index (κ3) is 4.58. The van der Waals surface area contributed by atoms with Crippen LogP contribution in [0.25, 0.3) is 0 Å². The third-order valence-corrected chi connectivity index (χ3v) is 4.39. The van der Waals surface area contributed by atoms with Gasteiger partial charge in [-0.1, -0.05) is 43.5 Å². The van der Waals surface area contributed by atoms with Crippen molar-refractivity contribution in [3.63, 3.8) is 0 Å². The van der Waals surface area contributed by atoms with Gasteiger partial charge in [-0.3, -0.25) is 15.6 Å². The van der Waals surface area contributed by atoms with E-state index in [0.717, 1.165) is 6.42 Å². The highest BCUT2D eigenvalue weighted by Crippen LogP contribution is 2.23. The van der Waals surface area contributed by atoms with Crippen molar-refractivity contribution in [2.75, 3.05) is 0 Å². The molecule has 3 N–H and O–H groups in total. The number of halogens is 1. The normalized spacial score (nSPS) is 21.4. The van der Waals surface area contributed by atoms with Crippen molar-refractivity contribution in [2.45, 2.75) is 38.6 Å². The molecule has 1 fully saturated rings. The number of benzene rings is 1. The number of hydrogen-bond donors (Lipinski definition) is 3. The molecule has 4 nitrogen and oxygen atoms in total. The average Bonchev–Trinajstić information content (AvgIpc) is 2.48. The molecule has 0 bridgehead atoms. The Balaban J connectivity index is 1.81. The zero-order valence-corrected chi connectivity index (χ0v) is 13.6. The van der Waals surface area contributed by atoms with Crippen LogP contribution >= 0.6 is 23.8 Å². The van der Waals surface area contributed by atoms with Gasteiger partial charge in [-0.25, -0.2) is 0 Å². The van der Waals surface area contributed by atoms with Crippen LogP contribution in [0.5, 0.6) is 0 Å². The SMILES string of the molecule is C[C@H]1CCCC[C@H]1NC(=S)NNC(=O)c1ccccc1Cl. The molecule has 6 heteroatoms. The molecule has 1 aliphatic rings. The van der Waals surface area contributed by atoms with Crippen molar-refractivity contribution < 1.29 is 4.79 Å². The summed E-state index contributed by atoms with van der Waals surface area (Å²) in [7, 11) is 0. The van der Waals surface area contributed by atoms with Gasteiger partial charge in [0.1, 0.15) is 0 Å². The van der Waals surface area contributed by atoms with Gasteiger partial charge in [-0.15, -0.1) is 0 Å². The number of hydrazine groups is 1. The second kappa shape index (κ2) is 7.61. The Hall–Kier alpha value is -1.33. The van der Waals surface area contributed by atoms with E-state index in [4.69, 9.17) is 23.8 Å². The summed E-state index contributed by atoms with van der Waals surface area (Å²) in [5.74, 6) is 0.291.